The van der Waals surface area contributed by atoms with Crippen LogP contribution in [0.1, 0.15) is 23.1 Å². The molecule has 0 radical (unpaired) electrons. The summed E-state index contributed by atoms with van der Waals surface area (Å²) in [6.07, 6.45) is 0.793. The summed E-state index contributed by atoms with van der Waals surface area (Å²) in [5, 5.41) is 0. The first-order chi connectivity index (χ1) is 7.08. The Morgan fingerprint density at radius 3 is 2.93 bits per heavy atom. The van der Waals surface area contributed by atoms with Gasteiger partial charge in [0.2, 0.25) is 5.67 Å². The summed E-state index contributed by atoms with van der Waals surface area (Å²) in [5.41, 5.74) is 0.545. The topological polar surface area (TPSA) is 26.3 Å². The summed E-state index contributed by atoms with van der Waals surface area (Å²) in [5.74, 6) is -0.787. The zero-order valence-corrected chi connectivity index (χ0v) is 8.84. The zero-order chi connectivity index (χ0) is 11.1. The van der Waals surface area contributed by atoms with Crippen molar-refractivity contribution in [2.24, 2.45) is 0 Å². The molecule has 0 aromatic heterocycles. The third kappa shape index (κ3) is 1.42. The van der Waals surface area contributed by atoms with Crippen molar-refractivity contribution in [2.45, 2.75) is 25.4 Å². The second kappa shape index (κ2) is 3.33. The molecule has 0 fully saturated rings. The summed E-state index contributed by atoms with van der Waals surface area (Å²) < 4.78 is 18.9. The average molecular weight is 208 g/mol. The Morgan fingerprint density at radius 2 is 2.27 bits per heavy atom. The summed E-state index contributed by atoms with van der Waals surface area (Å²) in [7, 11) is 1.22. The van der Waals surface area contributed by atoms with Gasteiger partial charge in [-0.1, -0.05) is 23.8 Å². The van der Waals surface area contributed by atoms with E-state index in [9.17, 15) is 9.18 Å². The van der Waals surface area contributed by atoms with Crippen LogP contribution in [0.25, 0.3) is 0 Å². The third-order valence-electron chi connectivity index (χ3n) is 2.94. The molecule has 1 atom stereocenters. The number of carbonyl (C=O) groups is 1. The molecule has 0 heterocycles. The highest BCUT2D eigenvalue weighted by Crippen LogP contribution is 2.41. The Bertz CT molecular complexity index is 414. The number of fused-ring (bicyclic) bond motifs is 1. The molecule has 0 saturated heterocycles. The lowest BCUT2D eigenvalue weighted by Gasteiger charge is -2.17. The van der Waals surface area contributed by atoms with Crippen molar-refractivity contribution in [3.8, 4) is 0 Å². The minimum atomic E-state index is -1.93. The van der Waals surface area contributed by atoms with Gasteiger partial charge in [-0.3, -0.25) is 0 Å². The van der Waals surface area contributed by atoms with Crippen LogP contribution in [-0.2, 0) is 21.6 Å². The van der Waals surface area contributed by atoms with Crippen LogP contribution in [0.3, 0.4) is 0 Å². The van der Waals surface area contributed by atoms with E-state index in [-0.39, 0.29) is 6.42 Å². The van der Waals surface area contributed by atoms with Crippen LogP contribution in [0.2, 0.25) is 0 Å². The first-order valence-electron chi connectivity index (χ1n) is 4.95. The van der Waals surface area contributed by atoms with Crippen molar-refractivity contribution < 1.29 is 13.9 Å². The summed E-state index contributed by atoms with van der Waals surface area (Å²) in [4.78, 5) is 11.4. The van der Waals surface area contributed by atoms with Crippen LogP contribution in [0.15, 0.2) is 18.2 Å². The second-order valence-corrected chi connectivity index (χ2v) is 3.95. The molecule has 1 aromatic carbocycles. The number of methoxy groups -OCH3 is 1. The van der Waals surface area contributed by atoms with Gasteiger partial charge in [-0.2, -0.15) is 0 Å². The molecule has 0 N–H and O–H groups in total. The largest absolute Gasteiger partial charge is 0.466 e. The van der Waals surface area contributed by atoms with Gasteiger partial charge in [0.25, 0.3) is 0 Å². The molecule has 1 unspecified atom stereocenters. The minimum absolute atomic E-state index is 0.193. The molecule has 0 saturated carbocycles. The molecule has 15 heavy (non-hydrogen) atoms. The fraction of sp³-hybridized carbons (Fsp3) is 0.417. The number of hydrogen-bond acceptors (Lipinski definition) is 2. The lowest BCUT2D eigenvalue weighted by atomic mass is 9.97. The van der Waals surface area contributed by atoms with Crippen LogP contribution in [-0.4, -0.2) is 13.1 Å². The van der Waals surface area contributed by atoms with Crippen molar-refractivity contribution in [3.05, 3.63) is 34.9 Å². The Kier molecular flexibility index (Phi) is 2.25. The van der Waals surface area contributed by atoms with Gasteiger partial charge >= 0.3 is 5.97 Å². The molecule has 1 aromatic rings. The van der Waals surface area contributed by atoms with Gasteiger partial charge in [-0.15, -0.1) is 0 Å². The van der Waals surface area contributed by atoms with Crippen LogP contribution < -0.4 is 0 Å². The average Bonchev–Trinajstić information content (AvgIpc) is 2.56. The molecule has 0 aliphatic heterocycles. The van der Waals surface area contributed by atoms with E-state index < -0.39 is 11.6 Å². The van der Waals surface area contributed by atoms with Gasteiger partial charge in [0, 0.05) is 12.0 Å². The van der Waals surface area contributed by atoms with E-state index in [4.69, 9.17) is 0 Å². The molecule has 0 bridgehead atoms. The van der Waals surface area contributed by atoms with Gasteiger partial charge in [0.15, 0.2) is 0 Å². The van der Waals surface area contributed by atoms with Gasteiger partial charge in [0.05, 0.1) is 7.11 Å². The number of halogens is 1. The SMILES string of the molecule is COC(=O)C1(F)CCc2cc(C)ccc21. The van der Waals surface area contributed by atoms with Crippen LogP contribution in [0.5, 0.6) is 0 Å². The Hall–Kier alpha value is -1.38. The van der Waals surface area contributed by atoms with Crippen LogP contribution in [0, 0.1) is 6.92 Å². The summed E-state index contributed by atoms with van der Waals surface area (Å²) >= 11 is 0. The van der Waals surface area contributed by atoms with Crippen molar-refractivity contribution in [2.75, 3.05) is 7.11 Å². The first kappa shape index (κ1) is 10.1. The molecule has 1 aliphatic rings. The second-order valence-electron chi connectivity index (χ2n) is 3.95. The van der Waals surface area contributed by atoms with Crippen molar-refractivity contribution in [1.82, 2.24) is 0 Å². The molecule has 3 heteroatoms. The summed E-state index contributed by atoms with van der Waals surface area (Å²) in [6, 6.07) is 5.44. The van der Waals surface area contributed by atoms with E-state index in [2.05, 4.69) is 4.74 Å². The molecular formula is C12H13FO2. The number of carbonyl (C=O) groups excluding carboxylic acids is 1. The normalized spacial score (nSPS) is 23.7. The van der Waals surface area contributed by atoms with E-state index in [1.807, 2.05) is 19.1 Å². The van der Waals surface area contributed by atoms with E-state index in [1.54, 1.807) is 6.07 Å². The monoisotopic (exact) mass is 208 g/mol. The van der Waals surface area contributed by atoms with E-state index in [0.717, 1.165) is 11.1 Å². The maximum atomic E-state index is 14.4. The quantitative estimate of drug-likeness (QED) is 0.662. The fourth-order valence-corrected chi connectivity index (χ4v) is 2.13. The van der Waals surface area contributed by atoms with Crippen molar-refractivity contribution in [3.63, 3.8) is 0 Å². The maximum absolute atomic E-state index is 14.4. The molecular weight excluding hydrogens is 195 g/mol. The Balaban J connectivity index is 2.48. The summed E-state index contributed by atoms with van der Waals surface area (Å²) in [6.45, 7) is 1.96. The number of alkyl halides is 1. The lowest BCUT2D eigenvalue weighted by Crippen LogP contribution is -2.29. The number of benzene rings is 1. The molecule has 2 nitrogen and oxygen atoms in total. The van der Waals surface area contributed by atoms with E-state index in [1.165, 1.54) is 7.11 Å². The zero-order valence-electron chi connectivity index (χ0n) is 8.84. The van der Waals surface area contributed by atoms with E-state index >= 15 is 0 Å². The van der Waals surface area contributed by atoms with Gasteiger partial charge < -0.3 is 4.74 Å². The molecule has 0 amide bonds. The fourth-order valence-electron chi connectivity index (χ4n) is 2.13. The Morgan fingerprint density at radius 1 is 1.53 bits per heavy atom. The van der Waals surface area contributed by atoms with Gasteiger partial charge in [0.1, 0.15) is 0 Å². The first-order valence-corrected chi connectivity index (χ1v) is 4.95. The standard InChI is InChI=1S/C12H13FO2/c1-8-3-4-10-9(7-8)5-6-12(10,13)11(14)15-2/h3-4,7H,5-6H2,1-2H3. The van der Waals surface area contributed by atoms with Crippen LogP contribution in [0.4, 0.5) is 4.39 Å². The lowest BCUT2D eigenvalue weighted by molar-refractivity contribution is -0.155. The number of ether oxygens (including phenoxy) is 1. The van der Waals surface area contributed by atoms with Crippen molar-refractivity contribution in [1.29, 1.82) is 0 Å². The van der Waals surface area contributed by atoms with Crippen LogP contribution >= 0.6 is 0 Å². The highest BCUT2D eigenvalue weighted by molar-refractivity contribution is 5.82. The predicted octanol–water partition coefficient (Wildman–Crippen LogP) is 2.28. The maximum Gasteiger partial charge on any atom is 0.348 e. The third-order valence-corrected chi connectivity index (χ3v) is 2.94. The highest BCUT2D eigenvalue weighted by atomic mass is 19.1. The molecule has 2 rings (SSSR count). The van der Waals surface area contributed by atoms with Gasteiger partial charge in [-0.05, 0) is 18.9 Å². The molecule has 80 valence electrons. The smallest absolute Gasteiger partial charge is 0.348 e. The number of esters is 1. The molecule has 0 spiro atoms. The van der Waals surface area contributed by atoms with Crippen molar-refractivity contribution >= 4 is 5.97 Å². The molecule has 1 aliphatic carbocycles. The highest BCUT2D eigenvalue weighted by Gasteiger charge is 2.46. The number of rotatable bonds is 1. The van der Waals surface area contributed by atoms with E-state index in [0.29, 0.717) is 12.0 Å². The predicted molar refractivity (Wildman–Crippen MR) is 54.3 cm³/mol. The van der Waals surface area contributed by atoms with Gasteiger partial charge in [-0.25, -0.2) is 9.18 Å². The Labute approximate surface area is 88.1 Å². The minimum Gasteiger partial charge on any atom is -0.466 e. The number of aryl methyl sites for hydroxylation is 2. The number of hydrogen-bond donors (Lipinski definition) is 0.